The number of ether oxygens (including phenoxy) is 2. The second-order valence-electron chi connectivity index (χ2n) is 12.3. The molecule has 2 fully saturated rings. The monoisotopic (exact) mass is 502 g/mol. The Balaban J connectivity index is 0.000000202. The Labute approximate surface area is 214 Å². The predicted octanol–water partition coefficient (Wildman–Crippen LogP) is 4.87. The molecule has 200 valence electrons. The van der Waals surface area contributed by atoms with E-state index < -0.39 is 29.3 Å². The lowest BCUT2D eigenvalue weighted by molar-refractivity contribution is -0.122. The van der Waals surface area contributed by atoms with Gasteiger partial charge >= 0.3 is 12.2 Å². The van der Waals surface area contributed by atoms with Crippen molar-refractivity contribution in [1.82, 2.24) is 10.6 Å². The number of ketones is 2. The molecule has 4 aliphatic rings. The average Bonchev–Trinajstić information content (AvgIpc) is 3.31. The molecule has 0 aliphatic heterocycles. The summed E-state index contributed by atoms with van der Waals surface area (Å²) >= 11 is 0. The molecule has 4 aliphatic carbocycles. The summed E-state index contributed by atoms with van der Waals surface area (Å²) in [6.45, 7) is 11.0. The van der Waals surface area contributed by atoms with E-state index in [1.807, 2.05) is 26.8 Å². The predicted molar refractivity (Wildman–Crippen MR) is 136 cm³/mol. The van der Waals surface area contributed by atoms with Gasteiger partial charge in [0, 0.05) is 5.92 Å². The molecule has 0 unspecified atom stereocenters. The standard InChI is InChI=1S/C14H19NO4.C14H23NO2/c1-14(2,3)19-13(18)15-9-6-4-5-8-10(16)7-11(17)12(8)9;1-14(2,3)17-13(16)15-12-9-5-7-10-6-4-8-11(10)12/h4,6,8-9,12H,5,7H2,1-3H3,(H,15,18);5,9-12H,4,6-8H2,1-3H3,(H,15,16)/t8-,9-,12+;10-,11-,12+/m10/s1. The SMILES string of the molecule is CC(C)(C)OC(=O)N[C@@H]1C=CC[C@@H]2C(=O)CC(=O)[C@@H]21.CC(C)(C)OC(=O)N[C@@H]1C=CC[C@@H]2CCC[C@@H]21. The zero-order valence-electron chi connectivity index (χ0n) is 22.5. The van der Waals surface area contributed by atoms with Gasteiger partial charge in [0.25, 0.3) is 0 Å². The van der Waals surface area contributed by atoms with E-state index in [-0.39, 0.29) is 36.0 Å². The quantitative estimate of drug-likeness (QED) is 0.412. The number of carbonyl (C=O) groups is 4. The maximum Gasteiger partial charge on any atom is 0.408 e. The number of hydrogen-bond donors (Lipinski definition) is 2. The zero-order valence-corrected chi connectivity index (χ0v) is 22.5. The summed E-state index contributed by atoms with van der Waals surface area (Å²) in [4.78, 5) is 47.0. The van der Waals surface area contributed by atoms with Crippen molar-refractivity contribution in [3.8, 4) is 0 Å². The van der Waals surface area contributed by atoms with Crippen LogP contribution in [0.3, 0.4) is 0 Å². The molecule has 2 amide bonds. The Morgan fingerprint density at radius 2 is 1.36 bits per heavy atom. The Morgan fingerprint density at radius 3 is 1.97 bits per heavy atom. The van der Waals surface area contributed by atoms with Gasteiger partial charge in [0.1, 0.15) is 22.8 Å². The second-order valence-corrected chi connectivity index (χ2v) is 12.3. The lowest BCUT2D eigenvalue weighted by atomic mass is 9.81. The molecule has 0 saturated heterocycles. The highest BCUT2D eigenvalue weighted by molar-refractivity contribution is 6.09. The van der Waals surface area contributed by atoms with Gasteiger partial charge in [-0.05, 0) is 79.1 Å². The summed E-state index contributed by atoms with van der Waals surface area (Å²) in [5.41, 5.74) is -1.01. The Hall–Kier alpha value is -2.64. The first-order chi connectivity index (χ1) is 16.7. The van der Waals surface area contributed by atoms with Crippen LogP contribution in [0.5, 0.6) is 0 Å². The van der Waals surface area contributed by atoms with Crippen molar-refractivity contribution in [3.05, 3.63) is 24.3 Å². The molecule has 8 heteroatoms. The summed E-state index contributed by atoms with van der Waals surface area (Å²) < 4.78 is 10.5. The maximum absolute atomic E-state index is 11.8. The Kier molecular flexibility index (Phi) is 8.67. The summed E-state index contributed by atoms with van der Waals surface area (Å²) in [6.07, 6.45) is 12.7. The highest BCUT2D eigenvalue weighted by Crippen LogP contribution is 2.39. The molecule has 0 heterocycles. The van der Waals surface area contributed by atoms with Gasteiger partial charge in [-0.1, -0.05) is 30.7 Å². The van der Waals surface area contributed by atoms with Crippen LogP contribution in [0.4, 0.5) is 9.59 Å². The highest BCUT2D eigenvalue weighted by Gasteiger charge is 2.46. The third-order valence-electron chi connectivity index (χ3n) is 7.02. The Morgan fingerprint density at radius 1 is 0.806 bits per heavy atom. The minimum absolute atomic E-state index is 0.0104. The molecule has 4 rings (SSSR count). The van der Waals surface area contributed by atoms with Crippen molar-refractivity contribution in [1.29, 1.82) is 0 Å². The summed E-state index contributed by atoms with van der Waals surface area (Å²) in [5.74, 6) is 0.575. The molecule has 6 atom stereocenters. The van der Waals surface area contributed by atoms with E-state index in [4.69, 9.17) is 9.47 Å². The highest BCUT2D eigenvalue weighted by atomic mass is 16.6. The molecule has 0 spiro atoms. The summed E-state index contributed by atoms with van der Waals surface area (Å²) in [7, 11) is 0. The fraction of sp³-hybridized carbons (Fsp3) is 0.714. The molecular weight excluding hydrogens is 460 g/mol. The Bertz CT molecular complexity index is 910. The van der Waals surface area contributed by atoms with Crippen molar-refractivity contribution in [2.45, 2.75) is 103 Å². The molecule has 36 heavy (non-hydrogen) atoms. The van der Waals surface area contributed by atoms with E-state index in [2.05, 4.69) is 22.8 Å². The number of nitrogens with one attached hydrogen (secondary N) is 2. The smallest absolute Gasteiger partial charge is 0.408 e. The van der Waals surface area contributed by atoms with Gasteiger partial charge in [-0.25, -0.2) is 9.59 Å². The van der Waals surface area contributed by atoms with Crippen LogP contribution in [0, 0.1) is 23.7 Å². The fourth-order valence-electron chi connectivity index (χ4n) is 5.62. The van der Waals surface area contributed by atoms with Crippen LogP contribution < -0.4 is 10.6 Å². The van der Waals surface area contributed by atoms with Crippen LogP contribution in [0.2, 0.25) is 0 Å². The van der Waals surface area contributed by atoms with Crippen molar-refractivity contribution in [3.63, 3.8) is 0 Å². The van der Waals surface area contributed by atoms with Gasteiger partial charge in [-0.3, -0.25) is 9.59 Å². The fourth-order valence-corrected chi connectivity index (χ4v) is 5.62. The van der Waals surface area contributed by atoms with Crippen LogP contribution in [0.1, 0.15) is 80.1 Å². The first kappa shape index (κ1) is 27.9. The van der Waals surface area contributed by atoms with E-state index in [0.29, 0.717) is 12.3 Å². The van der Waals surface area contributed by atoms with E-state index in [1.54, 1.807) is 26.8 Å². The van der Waals surface area contributed by atoms with Crippen molar-refractivity contribution in [2.24, 2.45) is 23.7 Å². The lowest BCUT2D eigenvalue weighted by Crippen LogP contribution is -2.46. The van der Waals surface area contributed by atoms with Gasteiger partial charge < -0.3 is 20.1 Å². The van der Waals surface area contributed by atoms with E-state index in [0.717, 1.165) is 5.92 Å². The van der Waals surface area contributed by atoms with Gasteiger partial charge in [0.15, 0.2) is 0 Å². The number of alkyl carbamates (subject to hydrolysis) is 2. The minimum atomic E-state index is -0.586. The molecule has 0 aromatic heterocycles. The maximum atomic E-state index is 11.8. The van der Waals surface area contributed by atoms with Gasteiger partial charge in [0.05, 0.1) is 24.4 Å². The second kappa shape index (κ2) is 11.2. The molecule has 0 bridgehead atoms. The number of hydrogen-bond acceptors (Lipinski definition) is 6. The number of allylic oxidation sites excluding steroid dienone is 2. The lowest BCUT2D eigenvalue weighted by Gasteiger charge is -2.31. The number of amides is 2. The van der Waals surface area contributed by atoms with Crippen LogP contribution in [-0.4, -0.2) is 47.0 Å². The third-order valence-corrected chi connectivity index (χ3v) is 7.02. The third kappa shape index (κ3) is 7.68. The number of rotatable bonds is 2. The van der Waals surface area contributed by atoms with Crippen molar-refractivity contribution in [2.75, 3.05) is 0 Å². The van der Waals surface area contributed by atoms with Crippen LogP contribution >= 0.6 is 0 Å². The topological polar surface area (TPSA) is 111 Å². The van der Waals surface area contributed by atoms with Gasteiger partial charge in [-0.15, -0.1) is 0 Å². The average molecular weight is 503 g/mol. The van der Waals surface area contributed by atoms with Crippen LogP contribution in [-0.2, 0) is 19.1 Å². The van der Waals surface area contributed by atoms with Crippen LogP contribution in [0.15, 0.2) is 24.3 Å². The molecule has 0 radical (unpaired) electrons. The number of carbonyl (C=O) groups excluding carboxylic acids is 4. The summed E-state index contributed by atoms with van der Waals surface area (Å²) in [5, 5.41) is 5.68. The molecule has 0 aromatic rings. The number of fused-ring (bicyclic) bond motifs is 2. The van der Waals surface area contributed by atoms with E-state index in [1.165, 1.54) is 25.7 Å². The van der Waals surface area contributed by atoms with E-state index in [9.17, 15) is 19.2 Å². The van der Waals surface area contributed by atoms with E-state index >= 15 is 0 Å². The normalized spacial score (nSPS) is 31.1. The molecule has 8 nitrogen and oxygen atoms in total. The first-order valence-corrected chi connectivity index (χ1v) is 13.1. The number of Topliss-reactive ketones (excluding diaryl/α,β-unsaturated/α-hetero) is 2. The van der Waals surface area contributed by atoms with Crippen molar-refractivity contribution < 1.29 is 28.7 Å². The van der Waals surface area contributed by atoms with Gasteiger partial charge in [0.2, 0.25) is 0 Å². The van der Waals surface area contributed by atoms with Crippen LogP contribution in [0.25, 0.3) is 0 Å². The molecule has 2 saturated carbocycles. The molecular formula is C28H42N2O6. The molecule has 0 aromatic carbocycles. The largest absolute Gasteiger partial charge is 0.444 e. The van der Waals surface area contributed by atoms with Crippen molar-refractivity contribution >= 4 is 23.8 Å². The zero-order chi connectivity index (χ0) is 26.7. The van der Waals surface area contributed by atoms with Gasteiger partial charge in [-0.2, -0.15) is 0 Å². The minimum Gasteiger partial charge on any atom is -0.444 e. The first-order valence-electron chi connectivity index (χ1n) is 13.1. The molecule has 2 N–H and O–H groups in total. The summed E-state index contributed by atoms with van der Waals surface area (Å²) in [6, 6.07) is -0.265.